The van der Waals surface area contributed by atoms with Crippen molar-refractivity contribution < 1.29 is 19.0 Å². The van der Waals surface area contributed by atoms with Crippen molar-refractivity contribution in [3.63, 3.8) is 0 Å². The monoisotopic (exact) mass is 278 g/mol. The van der Waals surface area contributed by atoms with E-state index in [1.54, 1.807) is 6.07 Å². The van der Waals surface area contributed by atoms with E-state index in [0.717, 1.165) is 4.80 Å². The Hall–Kier alpha value is -2.48. The van der Waals surface area contributed by atoms with Gasteiger partial charge in [-0.2, -0.15) is 10.2 Å². The van der Waals surface area contributed by atoms with E-state index in [4.69, 9.17) is 4.74 Å². The zero-order chi connectivity index (χ0) is 14.1. The van der Waals surface area contributed by atoms with Gasteiger partial charge in [-0.15, -0.1) is 4.80 Å². The highest BCUT2D eigenvalue weighted by molar-refractivity contribution is 5.69. The number of aliphatic hydroxyl groups is 1. The maximum Gasteiger partial charge on any atom is 0.407 e. The van der Waals surface area contributed by atoms with Crippen LogP contribution in [0.5, 0.6) is 0 Å². The van der Waals surface area contributed by atoms with Gasteiger partial charge in [0.25, 0.3) is 0 Å². The molecule has 1 aliphatic rings. The van der Waals surface area contributed by atoms with Gasteiger partial charge >= 0.3 is 6.09 Å². The van der Waals surface area contributed by atoms with E-state index in [2.05, 4.69) is 15.5 Å². The predicted octanol–water partition coefficient (Wildman–Crippen LogP) is 0.548. The highest BCUT2D eigenvalue weighted by atomic mass is 19.1. The van der Waals surface area contributed by atoms with Gasteiger partial charge in [0.05, 0.1) is 18.9 Å². The quantitative estimate of drug-likeness (QED) is 0.855. The Balaban J connectivity index is 1.85. The van der Waals surface area contributed by atoms with E-state index in [-0.39, 0.29) is 12.2 Å². The number of ether oxygens (including phenoxy) is 1. The number of alkyl carbamates (subject to hydrolysis) is 1. The van der Waals surface area contributed by atoms with Crippen molar-refractivity contribution in [3.8, 4) is 5.69 Å². The highest BCUT2D eigenvalue weighted by Gasteiger charge is 2.30. The molecule has 2 N–H and O–H groups in total. The summed E-state index contributed by atoms with van der Waals surface area (Å²) in [5.41, 5.74) is 0.493. The smallest absolute Gasteiger partial charge is 0.407 e. The van der Waals surface area contributed by atoms with Crippen molar-refractivity contribution in [2.75, 3.05) is 6.54 Å². The summed E-state index contributed by atoms with van der Waals surface area (Å²) in [6.07, 6.45) is 0.461. The summed E-state index contributed by atoms with van der Waals surface area (Å²) in [6.45, 7) is 0.185. The second-order valence-corrected chi connectivity index (χ2v) is 4.30. The predicted molar refractivity (Wildman–Crippen MR) is 64.5 cm³/mol. The van der Waals surface area contributed by atoms with Gasteiger partial charge < -0.3 is 15.2 Å². The maximum absolute atomic E-state index is 14.0. The Bertz CT molecular complexity index is 632. The average Bonchev–Trinajstić information content (AvgIpc) is 3.09. The molecule has 1 amide bonds. The molecule has 1 aromatic heterocycles. The van der Waals surface area contributed by atoms with Gasteiger partial charge in [-0.1, -0.05) is 6.07 Å². The second-order valence-electron chi connectivity index (χ2n) is 4.30. The number of carbonyl (C=O) groups excluding carboxylic acids is 1. The first-order valence-electron chi connectivity index (χ1n) is 5.94. The lowest BCUT2D eigenvalue weighted by atomic mass is 10.0. The average molecular weight is 278 g/mol. The Morgan fingerprint density at radius 2 is 2.20 bits per heavy atom. The fourth-order valence-electron chi connectivity index (χ4n) is 2.00. The Morgan fingerprint density at radius 1 is 1.45 bits per heavy atom. The first kappa shape index (κ1) is 12.5. The van der Waals surface area contributed by atoms with Gasteiger partial charge in [-0.3, -0.25) is 0 Å². The van der Waals surface area contributed by atoms with Gasteiger partial charge in [0.1, 0.15) is 11.8 Å². The van der Waals surface area contributed by atoms with E-state index in [0.29, 0.717) is 5.56 Å². The number of cyclic esters (lactones) is 1. The van der Waals surface area contributed by atoms with Crippen LogP contribution in [0.2, 0.25) is 0 Å². The topological polar surface area (TPSA) is 89.3 Å². The van der Waals surface area contributed by atoms with Crippen molar-refractivity contribution in [2.24, 2.45) is 0 Å². The number of halogens is 1. The molecular formula is C12H11FN4O3. The molecule has 8 heteroatoms. The van der Waals surface area contributed by atoms with Crippen LogP contribution in [0.15, 0.2) is 30.6 Å². The number of hydrogen-bond acceptors (Lipinski definition) is 5. The first-order valence-corrected chi connectivity index (χ1v) is 5.94. The van der Waals surface area contributed by atoms with Crippen molar-refractivity contribution in [2.45, 2.75) is 12.2 Å². The second kappa shape index (κ2) is 4.89. The van der Waals surface area contributed by atoms with Crippen LogP contribution in [0.3, 0.4) is 0 Å². The van der Waals surface area contributed by atoms with E-state index in [1.807, 2.05) is 0 Å². The summed E-state index contributed by atoms with van der Waals surface area (Å²) in [5.74, 6) is -0.574. The van der Waals surface area contributed by atoms with E-state index in [1.165, 1.54) is 24.5 Å². The normalized spacial score (nSPS) is 19.5. The standard InChI is InChI=1S/C12H11FN4O3/c13-8-5-7(11(18)10-6-14-12(19)20-10)1-2-9(8)17-15-3-4-16-17/h1-5,10-11,18H,6H2,(H,14,19). The minimum atomic E-state index is -1.09. The van der Waals surface area contributed by atoms with Gasteiger partial charge in [-0.05, 0) is 17.7 Å². The Morgan fingerprint density at radius 3 is 2.80 bits per heavy atom. The van der Waals surface area contributed by atoms with Crippen molar-refractivity contribution in [1.29, 1.82) is 0 Å². The number of nitrogens with one attached hydrogen (secondary N) is 1. The number of rotatable bonds is 3. The molecule has 7 nitrogen and oxygen atoms in total. The van der Waals surface area contributed by atoms with Crippen LogP contribution in [-0.4, -0.2) is 38.8 Å². The molecule has 1 fully saturated rings. The third kappa shape index (κ3) is 2.21. The summed E-state index contributed by atoms with van der Waals surface area (Å²) in [6, 6.07) is 4.17. The molecule has 1 aromatic carbocycles. The van der Waals surface area contributed by atoms with Crippen molar-refractivity contribution in [3.05, 3.63) is 42.0 Å². The third-order valence-corrected chi connectivity index (χ3v) is 3.01. The molecule has 2 unspecified atom stereocenters. The molecule has 20 heavy (non-hydrogen) atoms. The molecule has 3 rings (SSSR count). The molecule has 0 saturated carbocycles. The molecule has 2 aromatic rings. The van der Waals surface area contributed by atoms with Crippen LogP contribution in [0, 0.1) is 5.82 Å². The molecule has 2 heterocycles. The molecule has 0 radical (unpaired) electrons. The molecule has 104 valence electrons. The van der Waals surface area contributed by atoms with Crippen molar-refractivity contribution >= 4 is 6.09 Å². The van der Waals surface area contributed by atoms with Crippen LogP contribution in [0.1, 0.15) is 11.7 Å². The number of hydrogen-bond donors (Lipinski definition) is 2. The number of benzene rings is 1. The van der Waals surface area contributed by atoms with Crippen LogP contribution < -0.4 is 5.32 Å². The summed E-state index contributed by atoms with van der Waals surface area (Å²) >= 11 is 0. The fraction of sp³-hybridized carbons (Fsp3) is 0.250. The molecule has 0 aliphatic carbocycles. The third-order valence-electron chi connectivity index (χ3n) is 3.01. The first-order chi connectivity index (χ1) is 9.65. The maximum atomic E-state index is 14.0. The number of nitrogens with zero attached hydrogens (tertiary/aromatic N) is 3. The number of aromatic nitrogens is 3. The Kier molecular flexibility index (Phi) is 3.07. The summed E-state index contributed by atoms with van der Waals surface area (Å²) in [5, 5.41) is 20.2. The molecular weight excluding hydrogens is 267 g/mol. The van der Waals surface area contributed by atoms with Crippen LogP contribution in [0.4, 0.5) is 9.18 Å². The van der Waals surface area contributed by atoms with Gasteiger partial charge in [0.15, 0.2) is 11.9 Å². The lowest BCUT2D eigenvalue weighted by molar-refractivity contribution is 0.0318. The number of carbonyl (C=O) groups is 1. The SMILES string of the molecule is O=C1NCC(C(O)c2ccc(-n3nccn3)c(F)c2)O1. The van der Waals surface area contributed by atoms with Crippen molar-refractivity contribution in [1.82, 2.24) is 20.3 Å². The molecule has 2 atom stereocenters. The largest absolute Gasteiger partial charge is 0.441 e. The zero-order valence-electron chi connectivity index (χ0n) is 10.2. The summed E-state index contributed by atoms with van der Waals surface area (Å²) < 4.78 is 18.9. The van der Waals surface area contributed by atoms with E-state index in [9.17, 15) is 14.3 Å². The molecule has 1 aliphatic heterocycles. The summed E-state index contributed by atoms with van der Waals surface area (Å²) in [4.78, 5) is 12.1. The lowest BCUT2D eigenvalue weighted by Crippen LogP contribution is -2.22. The van der Waals surface area contributed by atoms with Gasteiger partial charge in [0.2, 0.25) is 0 Å². The molecule has 1 saturated heterocycles. The number of aliphatic hydroxyl groups excluding tert-OH is 1. The molecule has 0 spiro atoms. The number of amides is 1. The van der Waals surface area contributed by atoms with E-state index >= 15 is 0 Å². The molecule has 0 bridgehead atoms. The summed E-state index contributed by atoms with van der Waals surface area (Å²) in [7, 11) is 0. The highest BCUT2D eigenvalue weighted by Crippen LogP contribution is 2.24. The van der Waals surface area contributed by atoms with Crippen LogP contribution in [0.25, 0.3) is 5.69 Å². The van der Waals surface area contributed by atoms with Crippen LogP contribution >= 0.6 is 0 Å². The zero-order valence-corrected chi connectivity index (χ0v) is 10.2. The lowest BCUT2D eigenvalue weighted by Gasteiger charge is -2.16. The minimum Gasteiger partial charge on any atom is -0.441 e. The van der Waals surface area contributed by atoms with E-state index < -0.39 is 24.1 Å². The fourth-order valence-corrected chi connectivity index (χ4v) is 2.00. The minimum absolute atomic E-state index is 0.174. The van der Waals surface area contributed by atoms with Gasteiger partial charge in [-0.25, -0.2) is 9.18 Å². The van der Waals surface area contributed by atoms with Gasteiger partial charge in [0, 0.05) is 0 Å². The van der Waals surface area contributed by atoms with Crippen LogP contribution in [-0.2, 0) is 4.74 Å². The Labute approximate surface area is 113 Å².